The van der Waals surface area contributed by atoms with Gasteiger partial charge >= 0.3 is 5.97 Å². The zero-order valence-corrected chi connectivity index (χ0v) is 10.7. The Kier molecular flexibility index (Phi) is 11.6. The maximum Gasteiger partial charge on any atom is 0.305 e. The number of carbonyl (C=O) groups is 1. The van der Waals surface area contributed by atoms with Crippen LogP contribution in [0.2, 0.25) is 0 Å². The van der Waals surface area contributed by atoms with E-state index in [4.69, 9.17) is 0 Å². The maximum absolute atomic E-state index is 10.8. The molecule has 94 valence electrons. The van der Waals surface area contributed by atoms with Crippen molar-refractivity contribution in [1.82, 2.24) is 0 Å². The number of esters is 1. The summed E-state index contributed by atoms with van der Waals surface area (Å²) in [4.78, 5) is 15.1. The Morgan fingerprint density at radius 1 is 1.19 bits per heavy atom. The number of ether oxygens (including phenoxy) is 1. The molecule has 0 aromatic carbocycles. The Hall–Kier alpha value is -0.860. The maximum atomic E-state index is 10.8. The third-order valence-electron chi connectivity index (χ3n) is 2.46. The minimum Gasteiger partial charge on any atom is -0.469 e. The van der Waals surface area contributed by atoms with Crippen LogP contribution in [0.4, 0.5) is 0 Å². The van der Waals surface area contributed by atoms with E-state index < -0.39 is 0 Å². The summed E-state index contributed by atoms with van der Waals surface area (Å²) in [7, 11) is 1.43. The summed E-state index contributed by atoms with van der Waals surface area (Å²) in [6, 6.07) is 0. The smallest absolute Gasteiger partial charge is 0.305 e. The molecule has 0 rings (SSSR count). The first kappa shape index (κ1) is 15.1. The highest BCUT2D eigenvalue weighted by Gasteiger charge is 1.97. The highest BCUT2D eigenvalue weighted by molar-refractivity contribution is 5.69. The monoisotopic (exact) mass is 227 g/mol. The van der Waals surface area contributed by atoms with Crippen LogP contribution >= 0.6 is 0 Å². The molecule has 0 unspecified atom stereocenters. The quantitative estimate of drug-likeness (QED) is 0.326. The van der Waals surface area contributed by atoms with Crippen molar-refractivity contribution < 1.29 is 9.53 Å². The molecule has 0 spiro atoms. The molecule has 3 heteroatoms. The summed E-state index contributed by atoms with van der Waals surface area (Å²) >= 11 is 0. The van der Waals surface area contributed by atoms with Gasteiger partial charge < -0.3 is 4.74 Å². The average molecular weight is 227 g/mol. The Bertz CT molecular complexity index is 190. The van der Waals surface area contributed by atoms with Gasteiger partial charge in [-0.05, 0) is 31.9 Å². The van der Waals surface area contributed by atoms with Gasteiger partial charge in [-0.15, -0.1) is 0 Å². The van der Waals surface area contributed by atoms with Gasteiger partial charge in [-0.2, -0.15) is 0 Å². The third kappa shape index (κ3) is 11.2. The van der Waals surface area contributed by atoms with E-state index in [-0.39, 0.29) is 5.97 Å². The molecule has 0 amide bonds. The van der Waals surface area contributed by atoms with Gasteiger partial charge in [0.1, 0.15) is 0 Å². The molecule has 0 N–H and O–H groups in total. The standard InChI is InChI=1S/C13H25NO2/c1-3-4-5-8-11-14-12-9-6-7-10-13(15)16-2/h12H,3-11H2,1-2H3. The molecule has 0 bridgehead atoms. The van der Waals surface area contributed by atoms with E-state index in [9.17, 15) is 4.79 Å². The number of carbonyl (C=O) groups excluding carboxylic acids is 1. The summed E-state index contributed by atoms with van der Waals surface area (Å²) in [6.07, 6.45) is 10.5. The Morgan fingerprint density at radius 2 is 2.00 bits per heavy atom. The first-order valence-corrected chi connectivity index (χ1v) is 6.36. The first-order valence-electron chi connectivity index (χ1n) is 6.36. The second-order valence-corrected chi connectivity index (χ2v) is 3.97. The lowest BCUT2D eigenvalue weighted by Gasteiger charge is -1.97. The zero-order chi connectivity index (χ0) is 12.1. The lowest BCUT2D eigenvalue weighted by molar-refractivity contribution is -0.140. The van der Waals surface area contributed by atoms with Crippen LogP contribution in [0.1, 0.15) is 58.3 Å². The molecule has 0 radical (unpaired) electrons. The number of hydrogen-bond acceptors (Lipinski definition) is 3. The number of methoxy groups -OCH3 is 1. The number of rotatable bonds is 10. The van der Waals surface area contributed by atoms with Gasteiger partial charge in [-0.1, -0.05) is 26.2 Å². The molecule has 0 fully saturated rings. The van der Waals surface area contributed by atoms with Crippen LogP contribution in [0, 0.1) is 0 Å². The highest BCUT2D eigenvalue weighted by Crippen LogP contribution is 2.00. The van der Waals surface area contributed by atoms with Crippen molar-refractivity contribution >= 4 is 12.2 Å². The van der Waals surface area contributed by atoms with Crippen LogP contribution in [0.3, 0.4) is 0 Å². The van der Waals surface area contributed by atoms with E-state index in [0.29, 0.717) is 6.42 Å². The van der Waals surface area contributed by atoms with Crippen LogP contribution in [-0.2, 0) is 9.53 Å². The normalized spacial score (nSPS) is 10.9. The van der Waals surface area contributed by atoms with Crippen molar-refractivity contribution in [3.63, 3.8) is 0 Å². The fourth-order valence-electron chi connectivity index (χ4n) is 1.42. The molecule has 0 saturated carbocycles. The summed E-state index contributed by atoms with van der Waals surface area (Å²) in [5, 5.41) is 0. The molecule has 16 heavy (non-hydrogen) atoms. The number of hydrogen-bond donors (Lipinski definition) is 0. The molecular weight excluding hydrogens is 202 g/mol. The largest absolute Gasteiger partial charge is 0.469 e. The lowest BCUT2D eigenvalue weighted by Crippen LogP contribution is -1.99. The molecule has 0 aliphatic heterocycles. The fourth-order valence-corrected chi connectivity index (χ4v) is 1.42. The van der Waals surface area contributed by atoms with Crippen molar-refractivity contribution in [3.8, 4) is 0 Å². The average Bonchev–Trinajstić information content (AvgIpc) is 2.31. The van der Waals surface area contributed by atoms with Gasteiger partial charge in [0.2, 0.25) is 0 Å². The third-order valence-corrected chi connectivity index (χ3v) is 2.46. The number of unbranched alkanes of at least 4 members (excludes halogenated alkanes) is 5. The minimum absolute atomic E-state index is 0.114. The second-order valence-electron chi connectivity index (χ2n) is 3.97. The van der Waals surface area contributed by atoms with Crippen LogP contribution in [-0.4, -0.2) is 25.8 Å². The molecule has 0 aliphatic rings. The summed E-state index contributed by atoms with van der Waals surface area (Å²) in [5.41, 5.74) is 0. The minimum atomic E-state index is -0.114. The van der Waals surface area contributed by atoms with Gasteiger partial charge in [0.15, 0.2) is 0 Å². The fraction of sp³-hybridized carbons (Fsp3) is 0.846. The molecule has 0 aromatic heterocycles. The van der Waals surface area contributed by atoms with E-state index in [1.54, 1.807) is 0 Å². The second kappa shape index (κ2) is 12.2. The Balaban J connectivity index is 3.12. The van der Waals surface area contributed by atoms with Crippen LogP contribution in [0.5, 0.6) is 0 Å². The number of aliphatic imine (C=N–C) groups is 1. The summed E-state index contributed by atoms with van der Waals surface area (Å²) < 4.78 is 4.56. The van der Waals surface area contributed by atoms with Crippen molar-refractivity contribution in [1.29, 1.82) is 0 Å². The van der Waals surface area contributed by atoms with E-state index >= 15 is 0 Å². The predicted octanol–water partition coefficient (Wildman–Crippen LogP) is 3.37. The molecule has 0 heterocycles. The molecule has 0 aliphatic carbocycles. The van der Waals surface area contributed by atoms with Gasteiger partial charge in [0.05, 0.1) is 7.11 Å². The van der Waals surface area contributed by atoms with Gasteiger partial charge in [0, 0.05) is 13.0 Å². The van der Waals surface area contributed by atoms with E-state index in [0.717, 1.165) is 25.8 Å². The van der Waals surface area contributed by atoms with Crippen molar-refractivity contribution in [2.45, 2.75) is 58.3 Å². The predicted molar refractivity (Wildman–Crippen MR) is 68.0 cm³/mol. The Labute approximate surface area is 99.3 Å². The van der Waals surface area contributed by atoms with Gasteiger partial charge in [-0.3, -0.25) is 9.79 Å². The highest BCUT2D eigenvalue weighted by atomic mass is 16.5. The SMILES string of the molecule is CCCCCCN=CCCCCC(=O)OC. The summed E-state index contributed by atoms with van der Waals surface area (Å²) in [5.74, 6) is -0.114. The first-order chi connectivity index (χ1) is 7.81. The molecular formula is C13H25NO2. The molecule has 3 nitrogen and oxygen atoms in total. The molecule has 0 saturated heterocycles. The topological polar surface area (TPSA) is 38.7 Å². The lowest BCUT2D eigenvalue weighted by atomic mass is 10.2. The summed E-state index contributed by atoms with van der Waals surface area (Å²) in [6.45, 7) is 3.17. The van der Waals surface area contributed by atoms with Gasteiger partial charge in [-0.25, -0.2) is 0 Å². The Morgan fingerprint density at radius 3 is 2.69 bits per heavy atom. The van der Waals surface area contributed by atoms with Gasteiger partial charge in [0.25, 0.3) is 0 Å². The zero-order valence-electron chi connectivity index (χ0n) is 10.7. The van der Waals surface area contributed by atoms with E-state index in [2.05, 4.69) is 16.7 Å². The van der Waals surface area contributed by atoms with Crippen molar-refractivity contribution in [2.75, 3.05) is 13.7 Å². The van der Waals surface area contributed by atoms with Crippen LogP contribution < -0.4 is 0 Å². The van der Waals surface area contributed by atoms with Crippen LogP contribution in [0.25, 0.3) is 0 Å². The van der Waals surface area contributed by atoms with Crippen molar-refractivity contribution in [3.05, 3.63) is 0 Å². The van der Waals surface area contributed by atoms with E-state index in [1.165, 1.54) is 32.8 Å². The molecule has 0 aromatic rings. The molecule has 0 atom stereocenters. The number of nitrogens with zero attached hydrogens (tertiary/aromatic N) is 1. The van der Waals surface area contributed by atoms with Crippen molar-refractivity contribution in [2.24, 2.45) is 4.99 Å². The van der Waals surface area contributed by atoms with Crippen LogP contribution in [0.15, 0.2) is 4.99 Å². The van der Waals surface area contributed by atoms with E-state index in [1.807, 2.05) is 6.21 Å².